The fraction of sp³-hybridized carbons (Fsp3) is 0.200. The predicted octanol–water partition coefficient (Wildman–Crippen LogP) is 1.04. The molecule has 1 aliphatic rings. The van der Waals surface area contributed by atoms with Crippen molar-refractivity contribution in [3.05, 3.63) is 23.4 Å². The third-order valence-corrected chi connectivity index (χ3v) is 2.48. The van der Waals surface area contributed by atoms with Crippen molar-refractivity contribution in [2.24, 2.45) is 0 Å². The first-order valence-corrected chi connectivity index (χ1v) is 4.76. The highest BCUT2D eigenvalue weighted by atomic mass is 35.5. The fourth-order valence-electron chi connectivity index (χ4n) is 0.715. The van der Waals surface area contributed by atoms with Gasteiger partial charge in [0.25, 0.3) is 10.1 Å². The van der Waals surface area contributed by atoms with Crippen LogP contribution in [0.25, 0.3) is 0 Å². The highest BCUT2D eigenvalue weighted by Gasteiger charge is 2.30. The molecule has 0 spiro atoms. The van der Waals surface area contributed by atoms with E-state index in [0.717, 1.165) is 6.08 Å². The predicted molar refractivity (Wildman–Crippen MR) is 41.4 cm³/mol. The van der Waals surface area contributed by atoms with E-state index in [9.17, 15) is 12.9 Å². The van der Waals surface area contributed by atoms with Crippen LogP contribution < -0.4 is 0 Å². The van der Waals surface area contributed by atoms with E-state index in [1.54, 1.807) is 0 Å². The molecule has 4 nitrogen and oxygen atoms in total. The molecule has 0 saturated carbocycles. The molecular weight excluding hydrogens is 209 g/mol. The lowest BCUT2D eigenvalue weighted by atomic mass is 10.4. The number of hydrogen-bond acceptors (Lipinski definition) is 3. The lowest BCUT2D eigenvalue weighted by molar-refractivity contribution is 0.0760. The molecule has 0 aromatic carbocycles. The SMILES string of the molecule is O=S(=O)(O)C1C=CC=C(Cl)N1F. The molecule has 1 aliphatic heterocycles. The number of hydrogen-bond donors (Lipinski definition) is 1. The van der Waals surface area contributed by atoms with Crippen LogP contribution in [0.3, 0.4) is 0 Å². The lowest BCUT2D eigenvalue weighted by Gasteiger charge is -2.20. The highest BCUT2D eigenvalue weighted by Crippen LogP contribution is 2.22. The van der Waals surface area contributed by atoms with E-state index in [0.29, 0.717) is 0 Å². The molecule has 12 heavy (non-hydrogen) atoms. The Bertz CT molecular complexity index is 337. The molecule has 0 amide bonds. The third kappa shape index (κ3) is 1.77. The van der Waals surface area contributed by atoms with Gasteiger partial charge in [0.05, 0.1) is 0 Å². The molecule has 1 N–H and O–H groups in total. The number of halogens is 2. The summed E-state index contributed by atoms with van der Waals surface area (Å²) in [5, 5.41) is -2.37. The summed E-state index contributed by atoms with van der Waals surface area (Å²) in [7, 11) is -4.47. The van der Waals surface area contributed by atoms with Crippen molar-refractivity contribution in [1.82, 2.24) is 5.12 Å². The van der Waals surface area contributed by atoms with Crippen molar-refractivity contribution in [2.45, 2.75) is 5.37 Å². The molecule has 0 saturated heterocycles. The average molecular weight is 214 g/mol. The molecule has 0 aliphatic carbocycles. The van der Waals surface area contributed by atoms with Crippen molar-refractivity contribution in [3.8, 4) is 0 Å². The van der Waals surface area contributed by atoms with Gasteiger partial charge in [0.15, 0.2) is 0 Å². The first kappa shape index (κ1) is 9.50. The Morgan fingerprint density at radius 2 is 2.25 bits per heavy atom. The molecule has 1 heterocycles. The van der Waals surface area contributed by atoms with Crippen molar-refractivity contribution in [3.63, 3.8) is 0 Å². The summed E-state index contributed by atoms with van der Waals surface area (Å²) in [6.45, 7) is 0. The number of allylic oxidation sites excluding steroid dienone is 2. The Morgan fingerprint density at radius 1 is 1.67 bits per heavy atom. The second kappa shape index (κ2) is 3.04. The first-order chi connectivity index (χ1) is 5.43. The summed E-state index contributed by atoms with van der Waals surface area (Å²) in [4.78, 5) is 0. The van der Waals surface area contributed by atoms with Gasteiger partial charge in [-0.05, 0) is 12.2 Å². The zero-order valence-corrected chi connectivity index (χ0v) is 7.26. The van der Waals surface area contributed by atoms with E-state index >= 15 is 0 Å². The minimum Gasteiger partial charge on any atom is -0.284 e. The second-order valence-corrected chi connectivity index (χ2v) is 3.99. The van der Waals surface area contributed by atoms with Gasteiger partial charge in [-0.2, -0.15) is 13.5 Å². The Balaban J connectivity index is 2.99. The van der Waals surface area contributed by atoms with Crippen molar-refractivity contribution in [2.75, 3.05) is 0 Å². The van der Waals surface area contributed by atoms with Crippen LogP contribution in [0.4, 0.5) is 4.48 Å². The number of rotatable bonds is 1. The maximum absolute atomic E-state index is 12.8. The summed E-state index contributed by atoms with van der Waals surface area (Å²) < 4.78 is 42.2. The smallest absolute Gasteiger partial charge is 0.284 e. The quantitative estimate of drug-likeness (QED) is 0.402. The summed E-state index contributed by atoms with van der Waals surface area (Å²) in [6.07, 6.45) is 3.39. The molecule has 0 bridgehead atoms. The van der Waals surface area contributed by atoms with Crippen LogP contribution in [0, 0.1) is 0 Å². The van der Waals surface area contributed by atoms with E-state index in [2.05, 4.69) is 0 Å². The monoisotopic (exact) mass is 213 g/mol. The topological polar surface area (TPSA) is 57.6 Å². The van der Waals surface area contributed by atoms with Crippen molar-refractivity contribution < 1.29 is 17.5 Å². The van der Waals surface area contributed by atoms with Crippen LogP contribution in [0.15, 0.2) is 23.4 Å². The van der Waals surface area contributed by atoms with Gasteiger partial charge in [-0.25, -0.2) is 0 Å². The zero-order valence-electron chi connectivity index (χ0n) is 5.68. The van der Waals surface area contributed by atoms with Crippen molar-refractivity contribution >= 4 is 21.7 Å². The summed E-state index contributed by atoms with van der Waals surface area (Å²) in [5.41, 5.74) is 0. The summed E-state index contributed by atoms with van der Waals surface area (Å²) >= 11 is 5.25. The minimum atomic E-state index is -4.47. The van der Waals surface area contributed by atoms with Crippen LogP contribution in [0.5, 0.6) is 0 Å². The Kier molecular flexibility index (Phi) is 2.41. The van der Waals surface area contributed by atoms with Crippen LogP contribution in [0.2, 0.25) is 0 Å². The largest absolute Gasteiger partial charge is 0.292 e. The summed E-state index contributed by atoms with van der Waals surface area (Å²) in [6, 6.07) is 0. The van der Waals surface area contributed by atoms with Gasteiger partial charge in [-0.15, -0.1) is 0 Å². The summed E-state index contributed by atoms with van der Waals surface area (Å²) in [5.74, 6) is 0. The lowest BCUT2D eigenvalue weighted by Crippen LogP contribution is -2.33. The molecule has 0 fully saturated rings. The molecule has 1 rings (SSSR count). The van der Waals surface area contributed by atoms with Gasteiger partial charge in [-0.1, -0.05) is 22.2 Å². The van der Waals surface area contributed by atoms with Crippen LogP contribution >= 0.6 is 11.6 Å². The van der Waals surface area contributed by atoms with E-state index < -0.39 is 15.5 Å². The van der Waals surface area contributed by atoms with Gasteiger partial charge >= 0.3 is 0 Å². The van der Waals surface area contributed by atoms with Gasteiger partial charge in [-0.3, -0.25) is 4.55 Å². The van der Waals surface area contributed by atoms with E-state index in [-0.39, 0.29) is 10.3 Å². The fourth-order valence-corrected chi connectivity index (χ4v) is 1.59. The zero-order chi connectivity index (χ0) is 9.35. The van der Waals surface area contributed by atoms with Crippen LogP contribution in [-0.4, -0.2) is 23.5 Å². The first-order valence-electron chi connectivity index (χ1n) is 2.88. The van der Waals surface area contributed by atoms with E-state index in [4.69, 9.17) is 16.2 Å². The van der Waals surface area contributed by atoms with Gasteiger partial charge in [0, 0.05) is 0 Å². The van der Waals surface area contributed by atoms with Crippen molar-refractivity contribution in [1.29, 1.82) is 0 Å². The van der Waals surface area contributed by atoms with Gasteiger partial charge in [0.2, 0.25) is 5.37 Å². The Morgan fingerprint density at radius 3 is 2.67 bits per heavy atom. The Hall–Kier alpha value is -0.590. The molecule has 1 unspecified atom stereocenters. The second-order valence-electron chi connectivity index (χ2n) is 2.09. The molecule has 68 valence electrons. The van der Waals surface area contributed by atoms with Crippen LogP contribution in [-0.2, 0) is 10.1 Å². The normalized spacial score (nSPS) is 24.1. The molecule has 0 aromatic heterocycles. The number of nitrogens with zero attached hydrogens (tertiary/aromatic N) is 1. The van der Waals surface area contributed by atoms with Gasteiger partial charge in [0.1, 0.15) is 5.16 Å². The molecule has 1 atom stereocenters. The van der Waals surface area contributed by atoms with Crippen LogP contribution in [0.1, 0.15) is 0 Å². The standard InChI is InChI=1S/C5H5ClFNO3S/c6-4-2-1-3-5(8(4)7)12(9,10)11/h1-3,5H,(H,9,10,11). The van der Waals surface area contributed by atoms with Gasteiger partial charge < -0.3 is 0 Å². The average Bonchev–Trinajstić information content (AvgIpc) is 1.92. The van der Waals surface area contributed by atoms with E-state index in [1.807, 2.05) is 0 Å². The highest BCUT2D eigenvalue weighted by molar-refractivity contribution is 7.86. The molecule has 7 heteroatoms. The maximum atomic E-state index is 12.8. The molecular formula is C5H5ClFNO3S. The molecule has 0 radical (unpaired) electrons. The third-order valence-electron chi connectivity index (χ3n) is 1.24. The minimum absolute atomic E-state index is 0.239. The maximum Gasteiger partial charge on any atom is 0.292 e. The molecule has 0 aromatic rings. The Labute approximate surface area is 73.6 Å². The van der Waals surface area contributed by atoms with E-state index in [1.165, 1.54) is 12.2 Å².